The Morgan fingerprint density at radius 1 is 1.12 bits per heavy atom. The van der Waals surface area contributed by atoms with Crippen LogP contribution in [0.25, 0.3) is 0 Å². The molecule has 2 fully saturated rings. The summed E-state index contributed by atoms with van der Waals surface area (Å²) in [6, 6.07) is 2.03. The molecular weight excluding hydrogens is 235 g/mol. The SMILES string of the molecule is C[N+]1(C)C2CCCC1CC2.O=C([O-])C(F)(F)F. The number of carbonyl (C=O) groups is 1. The Hall–Kier alpha value is -0.780. The first kappa shape index (κ1) is 14.3. The normalized spacial score (nSPS) is 30.4. The minimum atomic E-state index is -5.19. The van der Waals surface area contributed by atoms with E-state index in [0.29, 0.717) is 0 Å². The Labute approximate surface area is 98.8 Å². The van der Waals surface area contributed by atoms with Crippen LogP contribution in [-0.2, 0) is 4.79 Å². The third-order valence-corrected chi connectivity index (χ3v) is 4.02. The van der Waals surface area contributed by atoms with E-state index >= 15 is 0 Å². The predicted octanol–water partition coefficient (Wildman–Crippen LogP) is 1.08. The van der Waals surface area contributed by atoms with Gasteiger partial charge >= 0.3 is 6.18 Å². The highest BCUT2D eigenvalue weighted by molar-refractivity contribution is 5.70. The van der Waals surface area contributed by atoms with Gasteiger partial charge in [-0.2, -0.15) is 13.2 Å². The maximum Gasteiger partial charge on any atom is 0.430 e. The van der Waals surface area contributed by atoms with E-state index < -0.39 is 12.1 Å². The van der Waals surface area contributed by atoms with Gasteiger partial charge in [0.15, 0.2) is 0 Å². The number of aliphatic carboxylic acids is 1. The predicted molar refractivity (Wildman–Crippen MR) is 53.8 cm³/mol. The molecule has 100 valence electrons. The van der Waals surface area contributed by atoms with Gasteiger partial charge in [-0.15, -0.1) is 0 Å². The third kappa shape index (κ3) is 3.34. The summed E-state index contributed by atoms with van der Waals surface area (Å²) >= 11 is 0. The number of rotatable bonds is 0. The molecule has 2 aliphatic heterocycles. The highest BCUT2D eigenvalue weighted by Gasteiger charge is 2.45. The van der Waals surface area contributed by atoms with Crippen LogP contribution < -0.4 is 5.11 Å². The zero-order valence-corrected chi connectivity index (χ0v) is 10.1. The van der Waals surface area contributed by atoms with Gasteiger partial charge in [0.25, 0.3) is 0 Å². The molecule has 2 saturated heterocycles. The summed E-state index contributed by atoms with van der Waals surface area (Å²) in [4.78, 5) is 8.78. The number of quaternary nitrogens is 1. The second-order valence-electron chi connectivity index (χ2n) is 5.23. The molecule has 2 rings (SSSR count). The van der Waals surface area contributed by atoms with E-state index in [0.717, 1.165) is 12.1 Å². The Bertz CT molecular complexity index is 271. The van der Waals surface area contributed by atoms with Gasteiger partial charge in [-0.3, -0.25) is 0 Å². The van der Waals surface area contributed by atoms with Crippen LogP contribution in [0.4, 0.5) is 13.2 Å². The van der Waals surface area contributed by atoms with Gasteiger partial charge in [-0.05, 0) is 19.3 Å². The number of carboxylic acids is 1. The van der Waals surface area contributed by atoms with E-state index in [2.05, 4.69) is 14.1 Å². The quantitative estimate of drug-likeness (QED) is 0.606. The highest BCUT2D eigenvalue weighted by Crippen LogP contribution is 2.39. The number of carboxylic acid groups (broad SMARTS) is 1. The van der Waals surface area contributed by atoms with Crippen molar-refractivity contribution in [1.29, 1.82) is 0 Å². The fraction of sp³-hybridized carbons (Fsp3) is 0.909. The van der Waals surface area contributed by atoms with Crippen LogP contribution in [0.2, 0.25) is 0 Å². The van der Waals surface area contributed by atoms with Crippen LogP contribution in [-0.4, -0.2) is 42.8 Å². The highest BCUT2D eigenvalue weighted by atomic mass is 19.4. The lowest BCUT2D eigenvalue weighted by atomic mass is 10.0. The van der Waals surface area contributed by atoms with Crippen LogP contribution >= 0.6 is 0 Å². The van der Waals surface area contributed by atoms with Gasteiger partial charge in [0.1, 0.15) is 5.97 Å². The maximum absolute atomic E-state index is 10.5. The van der Waals surface area contributed by atoms with Crippen molar-refractivity contribution in [2.75, 3.05) is 14.1 Å². The maximum atomic E-state index is 10.5. The van der Waals surface area contributed by atoms with Gasteiger partial charge in [0.2, 0.25) is 0 Å². The number of nitrogens with zero attached hydrogens (tertiary/aromatic N) is 1. The zero-order chi connectivity index (χ0) is 13.3. The molecule has 0 amide bonds. The molecule has 17 heavy (non-hydrogen) atoms. The van der Waals surface area contributed by atoms with Crippen LogP contribution in [0.15, 0.2) is 0 Å². The summed E-state index contributed by atoms with van der Waals surface area (Å²) in [6.45, 7) is 0. The van der Waals surface area contributed by atoms with Crippen LogP contribution in [0.1, 0.15) is 32.1 Å². The fourth-order valence-electron chi connectivity index (χ4n) is 2.89. The van der Waals surface area contributed by atoms with E-state index in [1.807, 2.05) is 0 Å². The van der Waals surface area contributed by atoms with Crippen molar-refractivity contribution in [3.63, 3.8) is 0 Å². The number of piperidine rings is 1. The minimum absolute atomic E-state index is 1.01. The number of fused-ring (bicyclic) bond motifs is 2. The van der Waals surface area contributed by atoms with Crippen molar-refractivity contribution >= 4 is 5.97 Å². The van der Waals surface area contributed by atoms with Gasteiger partial charge < -0.3 is 14.4 Å². The Balaban J connectivity index is 0.000000185. The van der Waals surface area contributed by atoms with Crippen molar-refractivity contribution in [3.8, 4) is 0 Å². The minimum Gasteiger partial charge on any atom is -0.542 e. The van der Waals surface area contributed by atoms with E-state index in [4.69, 9.17) is 9.90 Å². The molecule has 0 aromatic heterocycles. The first-order chi connectivity index (χ1) is 7.65. The largest absolute Gasteiger partial charge is 0.542 e. The first-order valence-corrected chi connectivity index (χ1v) is 5.77. The zero-order valence-electron chi connectivity index (χ0n) is 10.1. The third-order valence-electron chi connectivity index (χ3n) is 4.02. The molecule has 0 aliphatic carbocycles. The molecule has 0 aromatic carbocycles. The number of hydrogen-bond donors (Lipinski definition) is 0. The first-order valence-electron chi connectivity index (χ1n) is 5.77. The molecule has 2 heterocycles. The summed E-state index contributed by atoms with van der Waals surface area (Å²) in [5.74, 6) is -3.01. The van der Waals surface area contributed by atoms with Crippen LogP contribution in [0, 0.1) is 0 Å². The van der Waals surface area contributed by atoms with Crippen LogP contribution in [0.3, 0.4) is 0 Å². The average Bonchev–Trinajstić information content (AvgIpc) is 2.41. The Kier molecular flexibility index (Phi) is 4.06. The molecule has 2 unspecified atom stereocenters. The Morgan fingerprint density at radius 2 is 1.47 bits per heavy atom. The molecule has 3 nitrogen and oxygen atoms in total. The molecule has 0 N–H and O–H groups in total. The monoisotopic (exact) mass is 253 g/mol. The standard InChI is InChI=1S/C9H18N.C2HF3O2/c1-10(2)8-4-3-5-9(10)7-6-8;3-2(4,5)1(6)7/h8-9H,3-7H2,1-2H3;(H,6,7)/q+1;/p-1. The summed E-state index contributed by atoms with van der Waals surface area (Å²) in [6.07, 6.45) is 2.28. The summed E-state index contributed by atoms with van der Waals surface area (Å²) in [5.41, 5.74) is 0. The number of hydrogen-bond acceptors (Lipinski definition) is 2. The molecular formula is C11H18F3NO2. The second kappa shape index (κ2) is 4.84. The number of alkyl halides is 3. The molecule has 0 radical (unpaired) electrons. The van der Waals surface area contributed by atoms with Gasteiger partial charge in [0.05, 0.1) is 26.2 Å². The lowest BCUT2D eigenvalue weighted by Crippen LogP contribution is -2.52. The van der Waals surface area contributed by atoms with Crippen molar-refractivity contribution in [2.24, 2.45) is 0 Å². The molecule has 0 spiro atoms. The lowest BCUT2D eigenvalue weighted by molar-refractivity contribution is -0.930. The fourth-order valence-corrected chi connectivity index (χ4v) is 2.89. The van der Waals surface area contributed by atoms with Crippen molar-refractivity contribution in [1.82, 2.24) is 0 Å². The van der Waals surface area contributed by atoms with E-state index in [1.165, 1.54) is 36.6 Å². The molecule has 6 heteroatoms. The summed E-state index contributed by atoms with van der Waals surface area (Å²) < 4.78 is 32.9. The summed E-state index contributed by atoms with van der Waals surface area (Å²) in [5, 5.41) is 8.78. The average molecular weight is 253 g/mol. The van der Waals surface area contributed by atoms with Crippen molar-refractivity contribution < 1.29 is 27.6 Å². The van der Waals surface area contributed by atoms with E-state index in [1.54, 1.807) is 0 Å². The summed E-state index contributed by atoms with van der Waals surface area (Å²) in [7, 11) is 4.84. The van der Waals surface area contributed by atoms with Gasteiger partial charge in [-0.1, -0.05) is 0 Å². The van der Waals surface area contributed by atoms with E-state index in [-0.39, 0.29) is 0 Å². The van der Waals surface area contributed by atoms with Gasteiger partial charge in [0, 0.05) is 12.8 Å². The van der Waals surface area contributed by atoms with Crippen LogP contribution in [0.5, 0.6) is 0 Å². The van der Waals surface area contributed by atoms with E-state index in [9.17, 15) is 13.2 Å². The molecule has 0 saturated carbocycles. The van der Waals surface area contributed by atoms with Crippen molar-refractivity contribution in [3.05, 3.63) is 0 Å². The van der Waals surface area contributed by atoms with Crippen molar-refractivity contribution in [2.45, 2.75) is 50.4 Å². The second-order valence-corrected chi connectivity index (χ2v) is 5.23. The lowest BCUT2D eigenvalue weighted by Gasteiger charge is -2.41. The molecule has 0 aromatic rings. The topological polar surface area (TPSA) is 40.1 Å². The number of carbonyl (C=O) groups excluding carboxylic acids is 1. The molecule has 2 aliphatic rings. The molecule has 2 atom stereocenters. The molecule has 2 bridgehead atoms. The van der Waals surface area contributed by atoms with Gasteiger partial charge in [-0.25, -0.2) is 0 Å². The number of halogens is 3. The smallest absolute Gasteiger partial charge is 0.430 e. The Morgan fingerprint density at radius 3 is 1.71 bits per heavy atom.